The van der Waals surface area contributed by atoms with Gasteiger partial charge >= 0.3 is 0 Å². The van der Waals surface area contributed by atoms with E-state index in [2.05, 4.69) is 17.7 Å². The summed E-state index contributed by atoms with van der Waals surface area (Å²) in [5, 5.41) is 0. The third-order valence-electron chi connectivity index (χ3n) is 2.52. The minimum absolute atomic E-state index is 0.0963. The van der Waals surface area contributed by atoms with E-state index in [1.165, 1.54) is 10.8 Å². The van der Waals surface area contributed by atoms with Crippen molar-refractivity contribution in [2.75, 3.05) is 0 Å². The highest BCUT2D eigenvalue weighted by Crippen LogP contribution is 2.41. The molecule has 0 N–H and O–H groups in total. The van der Waals surface area contributed by atoms with Gasteiger partial charge in [0, 0.05) is 6.42 Å². The maximum absolute atomic E-state index is 5.42. The van der Waals surface area contributed by atoms with Crippen LogP contribution in [0.5, 0.6) is 0 Å². The predicted molar refractivity (Wildman–Crippen MR) is 61.4 cm³/mol. The molecule has 14 heavy (non-hydrogen) atoms. The van der Waals surface area contributed by atoms with Gasteiger partial charge in [-0.05, 0) is 25.1 Å². The Morgan fingerprint density at radius 2 is 2.50 bits per heavy atom. The first-order valence-electron chi connectivity index (χ1n) is 4.45. The van der Waals surface area contributed by atoms with Gasteiger partial charge in [0.05, 0.1) is 17.3 Å². The summed E-state index contributed by atoms with van der Waals surface area (Å²) < 4.78 is 10.7. The number of hydrogen-bond acceptors (Lipinski definition) is 4. The van der Waals surface area contributed by atoms with Crippen molar-refractivity contribution in [1.29, 1.82) is 0 Å². The van der Waals surface area contributed by atoms with E-state index in [9.17, 15) is 0 Å². The summed E-state index contributed by atoms with van der Waals surface area (Å²) in [7, 11) is 1.51. The molecule has 1 aliphatic heterocycles. The summed E-state index contributed by atoms with van der Waals surface area (Å²) in [4.78, 5) is 0. The van der Waals surface area contributed by atoms with Gasteiger partial charge in [-0.3, -0.25) is 0 Å². The van der Waals surface area contributed by atoms with Crippen LogP contribution in [0.3, 0.4) is 0 Å². The lowest BCUT2D eigenvalue weighted by molar-refractivity contribution is 0.163. The molecule has 2 atom stereocenters. The van der Waals surface area contributed by atoms with E-state index in [4.69, 9.17) is 9.15 Å². The van der Waals surface area contributed by atoms with Crippen molar-refractivity contribution in [1.82, 2.24) is 0 Å². The van der Waals surface area contributed by atoms with Gasteiger partial charge in [0.1, 0.15) is 11.9 Å². The fourth-order valence-corrected chi connectivity index (χ4v) is 2.90. The van der Waals surface area contributed by atoms with Gasteiger partial charge < -0.3 is 9.15 Å². The van der Waals surface area contributed by atoms with E-state index >= 15 is 0 Å². The van der Waals surface area contributed by atoms with Crippen molar-refractivity contribution in [2.24, 2.45) is 0 Å². The highest BCUT2D eigenvalue weighted by atomic mass is 33.1. The van der Waals surface area contributed by atoms with Gasteiger partial charge in [0.15, 0.2) is 0 Å². The molecule has 2 heterocycles. The van der Waals surface area contributed by atoms with Crippen LogP contribution in [0, 0.1) is 0 Å². The van der Waals surface area contributed by atoms with Crippen LogP contribution in [0.1, 0.15) is 12.7 Å². The second kappa shape index (κ2) is 3.95. The molecule has 2 rings (SSSR count). The lowest BCUT2D eigenvalue weighted by Gasteiger charge is -2.27. The molecule has 0 fully saturated rings. The molecule has 1 aliphatic rings. The zero-order valence-corrected chi connectivity index (χ0v) is 9.55. The number of rotatable bonds is 3. The molecular weight excluding hydrogens is 216 g/mol. The average Bonchev–Trinajstić information content (AvgIpc) is 2.79. The first kappa shape index (κ1) is 10.1. The van der Waals surface area contributed by atoms with Gasteiger partial charge in [-0.2, -0.15) is 0 Å². The third kappa shape index (κ3) is 1.68. The maximum atomic E-state index is 5.42. The van der Waals surface area contributed by atoms with Crippen molar-refractivity contribution in [2.45, 2.75) is 24.2 Å². The largest absolute Gasteiger partial charge is 0.497 e. The number of hydrogen-bond donors (Lipinski definition) is 1. The zero-order chi connectivity index (χ0) is 10.0. The summed E-state index contributed by atoms with van der Waals surface area (Å²) in [6, 6.07) is 3.88. The van der Waals surface area contributed by atoms with Gasteiger partial charge in [-0.25, -0.2) is 0 Å². The highest BCUT2D eigenvalue weighted by Gasteiger charge is 2.39. The summed E-state index contributed by atoms with van der Waals surface area (Å²) in [5.41, 5.74) is 0. The standard InChI is InChI=1S/C10H12O2S2/c1-8-10(14-13,4-6-11-8)7-9-3-2-5-12-9/h2-6,8,13H,7H2,1H3. The Hall–Kier alpha value is -0.480. The summed E-state index contributed by atoms with van der Waals surface area (Å²) in [6.45, 7) is 2.05. The molecule has 0 saturated heterocycles. The van der Waals surface area contributed by atoms with Crippen LogP contribution in [0.15, 0.2) is 35.2 Å². The van der Waals surface area contributed by atoms with Crippen LogP contribution in [0.25, 0.3) is 0 Å². The van der Waals surface area contributed by atoms with Crippen LogP contribution in [-0.4, -0.2) is 10.9 Å². The van der Waals surface area contributed by atoms with E-state index in [-0.39, 0.29) is 10.9 Å². The molecule has 0 amide bonds. The van der Waals surface area contributed by atoms with Crippen LogP contribution < -0.4 is 0 Å². The molecule has 0 aliphatic carbocycles. The van der Waals surface area contributed by atoms with Gasteiger partial charge in [-0.1, -0.05) is 10.8 Å². The topological polar surface area (TPSA) is 22.4 Å². The van der Waals surface area contributed by atoms with Crippen molar-refractivity contribution in [3.63, 3.8) is 0 Å². The van der Waals surface area contributed by atoms with E-state index in [1.54, 1.807) is 12.5 Å². The Balaban J connectivity index is 2.17. The third-order valence-corrected chi connectivity index (χ3v) is 4.49. The Bertz CT molecular complexity index is 321. The molecular formula is C10H12O2S2. The molecule has 0 bridgehead atoms. The molecule has 0 spiro atoms. The Morgan fingerprint density at radius 3 is 3.00 bits per heavy atom. The maximum Gasteiger partial charge on any atom is 0.114 e. The smallest absolute Gasteiger partial charge is 0.114 e. The molecule has 76 valence electrons. The Labute approximate surface area is 92.5 Å². The monoisotopic (exact) mass is 228 g/mol. The number of ether oxygens (including phenoxy) is 1. The Morgan fingerprint density at radius 1 is 1.64 bits per heavy atom. The predicted octanol–water partition coefficient (Wildman–Crippen LogP) is 3.07. The molecule has 1 aromatic heterocycles. The summed E-state index contributed by atoms with van der Waals surface area (Å²) >= 11 is 4.32. The lowest BCUT2D eigenvalue weighted by atomic mass is 9.98. The van der Waals surface area contributed by atoms with Crippen LogP contribution in [0.2, 0.25) is 0 Å². The van der Waals surface area contributed by atoms with Gasteiger partial charge in [-0.15, -0.1) is 11.7 Å². The fraction of sp³-hybridized carbons (Fsp3) is 0.400. The highest BCUT2D eigenvalue weighted by molar-refractivity contribution is 8.69. The Kier molecular flexibility index (Phi) is 2.83. The normalized spacial score (nSPS) is 30.6. The van der Waals surface area contributed by atoms with Crippen molar-refractivity contribution in [3.05, 3.63) is 36.5 Å². The van der Waals surface area contributed by atoms with Crippen molar-refractivity contribution < 1.29 is 9.15 Å². The van der Waals surface area contributed by atoms with Crippen molar-refractivity contribution in [3.8, 4) is 0 Å². The SMILES string of the molecule is CC1OC=CC1(Cc1ccco1)SS. The molecule has 0 aromatic carbocycles. The van der Waals surface area contributed by atoms with Crippen LogP contribution in [-0.2, 0) is 11.2 Å². The molecule has 2 unspecified atom stereocenters. The van der Waals surface area contributed by atoms with E-state index < -0.39 is 0 Å². The number of furan rings is 1. The fourth-order valence-electron chi connectivity index (χ4n) is 1.55. The first-order valence-corrected chi connectivity index (χ1v) is 6.32. The van der Waals surface area contributed by atoms with Crippen molar-refractivity contribution >= 4 is 22.5 Å². The van der Waals surface area contributed by atoms with E-state index in [0.717, 1.165) is 12.2 Å². The van der Waals surface area contributed by atoms with Crippen LogP contribution >= 0.6 is 22.5 Å². The molecule has 0 radical (unpaired) electrons. The van der Waals surface area contributed by atoms with Gasteiger partial charge in [0.2, 0.25) is 0 Å². The molecule has 2 nitrogen and oxygen atoms in total. The molecule has 1 aromatic rings. The quantitative estimate of drug-likeness (QED) is 0.635. The lowest BCUT2D eigenvalue weighted by Crippen LogP contribution is -2.33. The molecule has 0 saturated carbocycles. The average molecular weight is 228 g/mol. The number of thiol groups is 1. The zero-order valence-electron chi connectivity index (χ0n) is 7.84. The van der Waals surface area contributed by atoms with E-state index in [0.29, 0.717) is 0 Å². The van der Waals surface area contributed by atoms with Gasteiger partial charge in [0.25, 0.3) is 0 Å². The minimum Gasteiger partial charge on any atom is -0.497 e. The second-order valence-electron chi connectivity index (χ2n) is 3.38. The van der Waals surface area contributed by atoms with Crippen LogP contribution in [0.4, 0.5) is 0 Å². The summed E-state index contributed by atoms with van der Waals surface area (Å²) in [6.07, 6.45) is 6.44. The molecule has 4 heteroatoms. The second-order valence-corrected chi connectivity index (χ2v) is 4.87. The van der Waals surface area contributed by atoms with E-state index in [1.807, 2.05) is 19.1 Å². The first-order chi connectivity index (χ1) is 6.77. The summed E-state index contributed by atoms with van der Waals surface area (Å²) in [5.74, 6) is 0.966. The minimum atomic E-state index is -0.0963.